The second-order valence-corrected chi connectivity index (χ2v) is 14.0. The smallest absolute Gasteiger partial charge is 0.200 e. The van der Waals surface area contributed by atoms with E-state index in [1.807, 2.05) is 30.3 Å². The Balaban J connectivity index is 1.47. The summed E-state index contributed by atoms with van der Waals surface area (Å²) >= 11 is 0. The number of carbonyl (C=O) groups excluding carboxylic acids is 1. The van der Waals surface area contributed by atoms with Crippen molar-refractivity contribution in [3.63, 3.8) is 0 Å². The van der Waals surface area contributed by atoms with Gasteiger partial charge in [-0.3, -0.25) is 4.79 Å². The van der Waals surface area contributed by atoms with Gasteiger partial charge in [0.05, 0.1) is 26.2 Å². The number of ketones is 1. The number of hydrogen-bond acceptors (Lipinski definition) is 11. The summed E-state index contributed by atoms with van der Waals surface area (Å²) in [6, 6.07) is 21.2. The molecule has 4 atom stereocenters. The molecule has 1 aromatic heterocycles. The predicted molar refractivity (Wildman–Crippen MR) is 206 cm³/mol. The Kier molecular flexibility index (Phi) is 12.1. The van der Waals surface area contributed by atoms with Crippen LogP contribution in [0.25, 0.3) is 10.8 Å². The van der Waals surface area contributed by atoms with Gasteiger partial charge in [-0.15, -0.1) is 0 Å². The highest BCUT2D eigenvalue weighted by Crippen LogP contribution is 2.44. The lowest BCUT2D eigenvalue weighted by Crippen LogP contribution is -2.35. The molecule has 0 unspecified atom stereocenters. The molecule has 0 spiro atoms. The van der Waals surface area contributed by atoms with Crippen LogP contribution in [0.4, 0.5) is 11.5 Å². The van der Waals surface area contributed by atoms with Crippen molar-refractivity contribution in [3.8, 4) is 34.5 Å². The standard InChI is InChI=1S/C43H48N2O9/c1-52-18-4-5-32-28-16-17-44-41(24-28)45-34-13-9-27-20-30(46)10-12-31(27)33(34)11-8-26(29-22-38(50)43(51)40(23-29)54-3)21-37(49)42(32)36(48)15-7-25-6-14-35(47)39(19-25)53-2/h6,9-10,12-14,16-17,19-20,22-24,26,32,36,42,46-48,50-51H,4-5,7-8,11,15,18,21H2,1-3H3,(H,44,45)/t26-,32-,36-,42+/m1/s1. The minimum atomic E-state index is -1.04. The number of ether oxygens (including phenoxy) is 3. The van der Waals surface area contributed by atoms with Crippen LogP contribution in [0.2, 0.25) is 0 Å². The van der Waals surface area contributed by atoms with E-state index in [1.54, 1.807) is 49.7 Å². The molecule has 284 valence electrons. The topological polar surface area (TPSA) is 171 Å². The van der Waals surface area contributed by atoms with Gasteiger partial charge >= 0.3 is 0 Å². The molecule has 1 aliphatic heterocycles. The number of aliphatic hydroxyl groups is 1. The summed E-state index contributed by atoms with van der Waals surface area (Å²) in [5.41, 5.74) is 4.09. The molecule has 1 aliphatic rings. The van der Waals surface area contributed by atoms with Gasteiger partial charge in [-0.2, -0.15) is 0 Å². The first-order valence-electron chi connectivity index (χ1n) is 18.2. The largest absolute Gasteiger partial charge is 0.508 e. The zero-order chi connectivity index (χ0) is 38.4. The van der Waals surface area contributed by atoms with E-state index in [2.05, 4.69) is 10.3 Å². The summed E-state index contributed by atoms with van der Waals surface area (Å²) in [7, 11) is 4.52. The summed E-state index contributed by atoms with van der Waals surface area (Å²) in [5.74, 6) is -1.38. The maximum atomic E-state index is 15.0. The van der Waals surface area contributed by atoms with Crippen LogP contribution < -0.4 is 14.8 Å². The molecule has 0 radical (unpaired) electrons. The third kappa shape index (κ3) is 8.48. The Bertz CT molecular complexity index is 2100. The van der Waals surface area contributed by atoms with Crippen molar-refractivity contribution in [2.24, 2.45) is 5.92 Å². The second kappa shape index (κ2) is 17.1. The molecule has 0 saturated heterocycles. The molecule has 2 bridgehead atoms. The molecule has 6 N–H and O–H groups in total. The van der Waals surface area contributed by atoms with Crippen molar-refractivity contribution in [3.05, 3.63) is 101 Å². The van der Waals surface area contributed by atoms with Crippen molar-refractivity contribution < 1.29 is 44.5 Å². The number of aryl methyl sites for hydroxylation is 2. The number of methoxy groups -OCH3 is 3. The molecule has 0 amide bonds. The number of benzene rings is 4. The van der Waals surface area contributed by atoms with E-state index < -0.39 is 23.9 Å². The maximum Gasteiger partial charge on any atom is 0.200 e. The number of nitrogens with zero attached hydrogens (tertiary/aromatic N) is 1. The third-order valence-electron chi connectivity index (χ3n) is 10.6. The van der Waals surface area contributed by atoms with E-state index >= 15 is 0 Å². The monoisotopic (exact) mass is 736 g/mol. The van der Waals surface area contributed by atoms with E-state index in [1.165, 1.54) is 20.3 Å². The van der Waals surface area contributed by atoms with Crippen LogP contribution in [0.1, 0.15) is 66.2 Å². The van der Waals surface area contributed by atoms with Gasteiger partial charge in [0.1, 0.15) is 17.4 Å². The number of rotatable bonds is 11. The van der Waals surface area contributed by atoms with Crippen molar-refractivity contribution >= 4 is 28.1 Å². The molecular weight excluding hydrogens is 688 g/mol. The van der Waals surface area contributed by atoms with E-state index in [-0.39, 0.29) is 47.4 Å². The first-order valence-corrected chi connectivity index (χ1v) is 18.2. The molecule has 2 heterocycles. The van der Waals surface area contributed by atoms with Gasteiger partial charge in [0.2, 0.25) is 5.75 Å². The molecule has 11 heteroatoms. The molecule has 4 aromatic carbocycles. The predicted octanol–water partition coefficient (Wildman–Crippen LogP) is 7.63. The quantitative estimate of drug-likeness (QED) is 0.0582. The zero-order valence-corrected chi connectivity index (χ0v) is 30.8. The van der Waals surface area contributed by atoms with Gasteiger partial charge in [0, 0.05) is 32.0 Å². The lowest BCUT2D eigenvalue weighted by molar-refractivity contribution is -0.128. The third-order valence-corrected chi connectivity index (χ3v) is 10.6. The first-order chi connectivity index (χ1) is 26.1. The Morgan fingerprint density at radius 1 is 0.870 bits per heavy atom. The van der Waals surface area contributed by atoms with E-state index in [4.69, 9.17) is 14.2 Å². The Morgan fingerprint density at radius 2 is 1.69 bits per heavy atom. The summed E-state index contributed by atoms with van der Waals surface area (Å²) in [6.07, 6.45) is 3.57. The number of aromatic hydroxyl groups is 4. The van der Waals surface area contributed by atoms with E-state index in [9.17, 15) is 30.3 Å². The Labute approximate surface area is 314 Å². The number of hydrogen-bond donors (Lipinski definition) is 6. The molecule has 11 nitrogen and oxygen atoms in total. The van der Waals surface area contributed by atoms with Gasteiger partial charge < -0.3 is 45.1 Å². The van der Waals surface area contributed by atoms with Gasteiger partial charge in [-0.25, -0.2) is 4.98 Å². The number of carbonyl (C=O) groups is 1. The molecule has 6 rings (SSSR count). The normalized spacial score (nSPS) is 18.1. The number of nitrogens with one attached hydrogen (secondary N) is 1. The minimum Gasteiger partial charge on any atom is -0.508 e. The average Bonchev–Trinajstić information content (AvgIpc) is 3.17. The number of phenols is 4. The molecular formula is C43H48N2O9. The number of aliphatic hydroxyl groups excluding tert-OH is 1. The molecule has 0 saturated carbocycles. The number of aromatic nitrogens is 1. The van der Waals surface area contributed by atoms with Gasteiger partial charge in [-0.1, -0.05) is 18.2 Å². The van der Waals surface area contributed by atoms with Crippen LogP contribution in [0.15, 0.2) is 79.0 Å². The van der Waals surface area contributed by atoms with Gasteiger partial charge in [0.25, 0.3) is 0 Å². The van der Waals surface area contributed by atoms with Gasteiger partial charge in [-0.05, 0) is 138 Å². The average molecular weight is 737 g/mol. The molecule has 0 fully saturated rings. The molecule has 0 aliphatic carbocycles. The summed E-state index contributed by atoms with van der Waals surface area (Å²) < 4.78 is 16.1. The van der Waals surface area contributed by atoms with Crippen LogP contribution in [-0.2, 0) is 22.4 Å². The van der Waals surface area contributed by atoms with Crippen LogP contribution in [0.5, 0.6) is 34.5 Å². The Hall–Kier alpha value is -5.52. The fraction of sp³-hybridized carbons (Fsp3) is 0.349. The Morgan fingerprint density at radius 3 is 2.46 bits per heavy atom. The summed E-state index contributed by atoms with van der Waals surface area (Å²) in [6.45, 7) is 0.474. The van der Waals surface area contributed by atoms with E-state index in [0.29, 0.717) is 55.8 Å². The maximum absolute atomic E-state index is 15.0. The summed E-state index contributed by atoms with van der Waals surface area (Å²) in [5, 5.41) is 59.1. The number of fused-ring (bicyclic) bond motifs is 5. The second-order valence-electron chi connectivity index (χ2n) is 14.0. The highest BCUT2D eigenvalue weighted by molar-refractivity contribution is 5.92. The van der Waals surface area contributed by atoms with Crippen LogP contribution >= 0.6 is 0 Å². The first kappa shape index (κ1) is 38.2. The highest BCUT2D eigenvalue weighted by atomic mass is 16.5. The fourth-order valence-corrected chi connectivity index (χ4v) is 7.82. The fourth-order valence-electron chi connectivity index (χ4n) is 7.82. The van der Waals surface area contributed by atoms with Crippen molar-refractivity contribution in [2.75, 3.05) is 33.3 Å². The number of Topliss-reactive ketones (excluding diaryl/α,β-unsaturated/α-hetero) is 1. The lowest BCUT2D eigenvalue weighted by Gasteiger charge is -2.32. The van der Waals surface area contributed by atoms with Crippen molar-refractivity contribution in [1.29, 1.82) is 0 Å². The minimum absolute atomic E-state index is 0.0174. The van der Waals surface area contributed by atoms with Crippen LogP contribution in [0, 0.1) is 5.92 Å². The highest BCUT2D eigenvalue weighted by Gasteiger charge is 2.37. The number of pyridine rings is 1. The van der Waals surface area contributed by atoms with Crippen LogP contribution in [0.3, 0.4) is 0 Å². The van der Waals surface area contributed by atoms with Gasteiger partial charge in [0.15, 0.2) is 23.0 Å². The lowest BCUT2D eigenvalue weighted by atomic mass is 9.73. The summed E-state index contributed by atoms with van der Waals surface area (Å²) in [4.78, 5) is 19.6. The number of phenolic OH excluding ortho intramolecular Hbond substituents is 4. The van der Waals surface area contributed by atoms with Crippen molar-refractivity contribution in [2.45, 2.75) is 62.9 Å². The van der Waals surface area contributed by atoms with Crippen LogP contribution in [-0.4, -0.2) is 70.3 Å². The van der Waals surface area contributed by atoms with Crippen molar-refractivity contribution in [1.82, 2.24) is 4.98 Å². The zero-order valence-electron chi connectivity index (χ0n) is 30.8. The molecule has 5 aromatic rings. The SMILES string of the molecule is COCCC[C@@H]1c2ccnc(c2)Nc2ccc3cc(O)ccc3c2CC[C@@H](c2cc(O)c(O)c(OC)c2)CC(=O)[C@@H]1[C@H](O)CCc1ccc(O)c(OC)c1. The van der Waals surface area contributed by atoms with E-state index in [0.717, 1.165) is 33.2 Å². The number of anilines is 2. The molecule has 54 heavy (non-hydrogen) atoms.